The second-order valence-electron chi connectivity index (χ2n) is 7.27. The zero-order valence-corrected chi connectivity index (χ0v) is 16.9. The highest BCUT2D eigenvalue weighted by molar-refractivity contribution is 5.87. The molecule has 150 valence electrons. The molecule has 0 aliphatic carbocycles. The minimum absolute atomic E-state index is 0.0954. The Kier molecular flexibility index (Phi) is 5.56. The van der Waals surface area contributed by atoms with Crippen LogP contribution in [0.2, 0.25) is 0 Å². The molecule has 0 bridgehead atoms. The van der Waals surface area contributed by atoms with E-state index in [4.69, 9.17) is 9.47 Å². The Morgan fingerprint density at radius 3 is 2.48 bits per heavy atom. The van der Waals surface area contributed by atoms with Crippen molar-refractivity contribution in [1.82, 2.24) is 4.90 Å². The number of likely N-dealkylation sites (N-methyl/N-ethyl adjacent to an activating group) is 2. The fourth-order valence-corrected chi connectivity index (χ4v) is 3.59. The van der Waals surface area contributed by atoms with Crippen LogP contribution < -0.4 is 14.4 Å². The average molecular weight is 390 g/mol. The average Bonchev–Trinajstić information content (AvgIpc) is 2.76. The van der Waals surface area contributed by atoms with E-state index < -0.39 is 0 Å². The van der Waals surface area contributed by atoms with Gasteiger partial charge in [-0.05, 0) is 47.5 Å². The molecule has 0 N–H and O–H groups in total. The van der Waals surface area contributed by atoms with E-state index in [1.807, 2.05) is 54.1 Å². The lowest BCUT2D eigenvalue weighted by Crippen LogP contribution is -2.38. The molecule has 3 aromatic rings. The van der Waals surface area contributed by atoms with E-state index in [2.05, 4.69) is 30.3 Å². The van der Waals surface area contributed by atoms with Crippen LogP contribution in [0.15, 0.2) is 60.7 Å². The first-order valence-corrected chi connectivity index (χ1v) is 10.0. The largest absolute Gasteiger partial charge is 0.486 e. The van der Waals surface area contributed by atoms with E-state index in [1.165, 1.54) is 10.8 Å². The molecule has 1 aliphatic rings. The second kappa shape index (κ2) is 8.43. The number of hydrogen-bond acceptors (Lipinski definition) is 4. The van der Waals surface area contributed by atoms with Gasteiger partial charge in [0.25, 0.3) is 0 Å². The lowest BCUT2D eigenvalue weighted by atomic mass is 10.1. The summed E-state index contributed by atoms with van der Waals surface area (Å²) in [5.41, 5.74) is 2.07. The number of ether oxygens (including phenoxy) is 2. The molecule has 1 aliphatic heterocycles. The highest BCUT2D eigenvalue weighted by atomic mass is 16.6. The van der Waals surface area contributed by atoms with Crippen molar-refractivity contribution in [1.29, 1.82) is 0 Å². The van der Waals surface area contributed by atoms with E-state index in [0.717, 1.165) is 22.7 Å². The molecule has 0 saturated heterocycles. The highest BCUT2D eigenvalue weighted by Crippen LogP contribution is 2.31. The third-order valence-electron chi connectivity index (χ3n) is 5.26. The smallest absolute Gasteiger partial charge is 0.242 e. The maximum atomic E-state index is 12.9. The van der Waals surface area contributed by atoms with Gasteiger partial charge in [0, 0.05) is 25.8 Å². The predicted molar refractivity (Wildman–Crippen MR) is 116 cm³/mol. The van der Waals surface area contributed by atoms with Gasteiger partial charge in [-0.15, -0.1) is 0 Å². The Morgan fingerprint density at radius 1 is 0.931 bits per heavy atom. The summed E-state index contributed by atoms with van der Waals surface area (Å²) >= 11 is 0. The number of hydrogen-bond donors (Lipinski definition) is 0. The Labute approximate surface area is 171 Å². The summed E-state index contributed by atoms with van der Waals surface area (Å²) < 4.78 is 11.2. The van der Waals surface area contributed by atoms with Crippen LogP contribution in [0.25, 0.3) is 10.8 Å². The van der Waals surface area contributed by atoms with Crippen LogP contribution in [0.3, 0.4) is 0 Å². The molecule has 0 unspecified atom stereocenters. The topological polar surface area (TPSA) is 42.0 Å². The number of rotatable bonds is 6. The summed E-state index contributed by atoms with van der Waals surface area (Å²) in [5, 5.41) is 2.37. The van der Waals surface area contributed by atoms with Gasteiger partial charge in [-0.25, -0.2) is 0 Å². The van der Waals surface area contributed by atoms with Crippen LogP contribution in [0.5, 0.6) is 11.5 Å². The Bertz CT molecular complexity index is 1020. The first-order valence-electron chi connectivity index (χ1n) is 10.0. The number of amides is 1. The van der Waals surface area contributed by atoms with E-state index in [9.17, 15) is 4.79 Å². The molecule has 3 aromatic carbocycles. The highest BCUT2D eigenvalue weighted by Gasteiger charge is 2.17. The fourth-order valence-electron chi connectivity index (χ4n) is 3.59. The van der Waals surface area contributed by atoms with Crippen molar-refractivity contribution in [3.05, 3.63) is 66.2 Å². The summed E-state index contributed by atoms with van der Waals surface area (Å²) in [5.74, 6) is 1.62. The van der Waals surface area contributed by atoms with Crippen LogP contribution in [0.4, 0.5) is 5.69 Å². The van der Waals surface area contributed by atoms with Crippen LogP contribution in [-0.2, 0) is 11.3 Å². The van der Waals surface area contributed by atoms with Crippen molar-refractivity contribution >= 4 is 22.4 Å². The molecule has 5 heteroatoms. The normalized spacial score (nSPS) is 12.6. The number of carbonyl (C=O) groups is 1. The second-order valence-corrected chi connectivity index (χ2v) is 7.27. The van der Waals surface area contributed by atoms with Crippen molar-refractivity contribution in [2.24, 2.45) is 0 Å². The molecule has 4 rings (SSSR count). The standard InChI is InChI=1S/C24H26N2O3/c1-3-26(16-18-8-11-22-23(14-18)29-13-12-28-22)24(27)17-25(2)21-10-9-19-6-4-5-7-20(19)15-21/h4-11,14-15H,3,12-13,16-17H2,1-2H3. The van der Waals surface area contributed by atoms with E-state index in [-0.39, 0.29) is 5.91 Å². The molecule has 0 saturated carbocycles. The lowest BCUT2D eigenvalue weighted by Gasteiger charge is -2.26. The molecule has 0 aromatic heterocycles. The fraction of sp³-hybridized carbons (Fsp3) is 0.292. The molecule has 29 heavy (non-hydrogen) atoms. The summed E-state index contributed by atoms with van der Waals surface area (Å²) in [6.07, 6.45) is 0. The van der Waals surface area contributed by atoms with Crippen molar-refractivity contribution in [2.45, 2.75) is 13.5 Å². The van der Waals surface area contributed by atoms with E-state index in [1.54, 1.807) is 0 Å². The zero-order chi connectivity index (χ0) is 20.2. The minimum Gasteiger partial charge on any atom is -0.486 e. The first kappa shape index (κ1) is 19.1. The monoisotopic (exact) mass is 390 g/mol. The molecule has 0 atom stereocenters. The SMILES string of the molecule is CCN(Cc1ccc2c(c1)OCCO2)C(=O)CN(C)c1ccc2ccccc2c1. The molecule has 1 heterocycles. The summed E-state index contributed by atoms with van der Waals surface area (Å²) in [7, 11) is 1.96. The number of carbonyl (C=O) groups excluding carboxylic acids is 1. The third kappa shape index (κ3) is 4.29. The van der Waals surface area contributed by atoms with Gasteiger partial charge in [0.15, 0.2) is 11.5 Å². The maximum Gasteiger partial charge on any atom is 0.242 e. The molecular weight excluding hydrogens is 364 g/mol. The summed E-state index contributed by atoms with van der Waals surface area (Å²) in [6.45, 7) is 4.68. The maximum absolute atomic E-state index is 12.9. The molecule has 0 spiro atoms. The Balaban J connectivity index is 1.44. The van der Waals surface area contributed by atoms with Gasteiger partial charge in [-0.3, -0.25) is 4.79 Å². The number of nitrogens with zero attached hydrogens (tertiary/aromatic N) is 2. The van der Waals surface area contributed by atoms with Crippen molar-refractivity contribution in [3.8, 4) is 11.5 Å². The molecule has 5 nitrogen and oxygen atoms in total. The molecular formula is C24H26N2O3. The third-order valence-corrected chi connectivity index (χ3v) is 5.26. The van der Waals surface area contributed by atoms with Crippen LogP contribution in [0.1, 0.15) is 12.5 Å². The summed E-state index contributed by atoms with van der Waals surface area (Å²) in [4.78, 5) is 16.8. The van der Waals surface area contributed by atoms with Crippen molar-refractivity contribution in [2.75, 3.05) is 38.3 Å². The van der Waals surface area contributed by atoms with Gasteiger partial charge in [0.05, 0.1) is 6.54 Å². The van der Waals surface area contributed by atoms with Crippen molar-refractivity contribution in [3.63, 3.8) is 0 Å². The quantitative estimate of drug-likeness (QED) is 0.636. The van der Waals surface area contributed by atoms with Gasteiger partial charge in [-0.1, -0.05) is 36.4 Å². The van der Waals surface area contributed by atoms with Gasteiger partial charge >= 0.3 is 0 Å². The van der Waals surface area contributed by atoms with E-state index >= 15 is 0 Å². The van der Waals surface area contributed by atoms with Crippen LogP contribution >= 0.6 is 0 Å². The van der Waals surface area contributed by atoms with E-state index in [0.29, 0.717) is 32.8 Å². The molecule has 0 fully saturated rings. The predicted octanol–water partition coefficient (Wildman–Crippen LogP) is 4.10. The van der Waals surface area contributed by atoms with Gasteiger partial charge in [0.2, 0.25) is 5.91 Å². The van der Waals surface area contributed by atoms with Gasteiger partial charge in [-0.2, -0.15) is 0 Å². The first-order chi connectivity index (χ1) is 14.1. The van der Waals surface area contributed by atoms with Crippen LogP contribution in [-0.4, -0.2) is 44.2 Å². The molecule has 0 radical (unpaired) electrons. The molecule has 1 amide bonds. The van der Waals surface area contributed by atoms with Crippen molar-refractivity contribution < 1.29 is 14.3 Å². The summed E-state index contributed by atoms with van der Waals surface area (Å²) in [6, 6.07) is 20.4. The van der Waals surface area contributed by atoms with Gasteiger partial charge in [0.1, 0.15) is 13.2 Å². The number of anilines is 1. The Morgan fingerprint density at radius 2 is 1.69 bits per heavy atom. The van der Waals surface area contributed by atoms with Crippen LogP contribution in [0, 0.1) is 0 Å². The zero-order valence-electron chi connectivity index (χ0n) is 16.9. The number of benzene rings is 3. The van der Waals surface area contributed by atoms with Gasteiger partial charge < -0.3 is 19.3 Å². The number of fused-ring (bicyclic) bond motifs is 2. The lowest BCUT2D eigenvalue weighted by molar-refractivity contribution is -0.130. The minimum atomic E-state index is 0.0954. The Hall–Kier alpha value is -3.21.